The summed E-state index contributed by atoms with van der Waals surface area (Å²) in [6, 6.07) is 9.95. The van der Waals surface area contributed by atoms with Gasteiger partial charge in [-0.15, -0.1) is 0 Å². The second-order valence-corrected chi connectivity index (χ2v) is 4.31. The van der Waals surface area contributed by atoms with Crippen molar-refractivity contribution in [3.8, 4) is 0 Å². The van der Waals surface area contributed by atoms with Gasteiger partial charge in [0.25, 0.3) is 5.91 Å². The molecule has 0 aliphatic carbocycles. The van der Waals surface area contributed by atoms with Gasteiger partial charge in [-0.3, -0.25) is 4.79 Å². The lowest BCUT2D eigenvalue weighted by molar-refractivity contribution is -0.947. The largest absolute Gasteiger partial charge is 0.288 e. The molecule has 0 radical (unpaired) electrons. The van der Waals surface area contributed by atoms with Crippen molar-refractivity contribution in [1.29, 1.82) is 0 Å². The molecule has 1 amide bonds. The number of carbonyl (C=O) groups is 1. The normalized spacial score (nSPS) is 12.6. The smallest absolute Gasteiger partial charge is 0.265 e. The Bertz CT molecular complexity index is 409. The predicted molar refractivity (Wildman–Crippen MR) is 69.8 cm³/mol. The molecule has 1 N–H and O–H groups in total. The van der Waals surface area contributed by atoms with Gasteiger partial charge < -0.3 is 0 Å². The molecule has 1 rings (SSSR count). The molecule has 3 nitrogen and oxygen atoms in total. The number of benzene rings is 1. The second-order valence-electron chi connectivity index (χ2n) is 4.31. The van der Waals surface area contributed by atoms with E-state index in [1.54, 1.807) is 0 Å². The maximum absolute atomic E-state index is 11.4. The number of carbonyl (C=O) groups excluding carboxylic acids is 1. The molecular formula is C14H19N2O+. The van der Waals surface area contributed by atoms with Gasteiger partial charge in [0.1, 0.15) is 0 Å². The highest BCUT2D eigenvalue weighted by Gasteiger charge is 2.28. The Hall–Kier alpha value is -1.87. The molecule has 0 fully saturated rings. The lowest BCUT2D eigenvalue weighted by Gasteiger charge is -2.35. The number of hydrogen-bond acceptors (Lipinski definition) is 1. The first kappa shape index (κ1) is 13.2. The van der Waals surface area contributed by atoms with E-state index in [4.69, 9.17) is 0 Å². The molecule has 1 aromatic carbocycles. The molecule has 0 saturated carbocycles. The SMILES string of the molecule is C=CC(=O)N[N+](C)(C)C(C=C)c1ccccc1. The van der Waals surface area contributed by atoms with Crippen molar-refractivity contribution in [2.24, 2.45) is 0 Å². The van der Waals surface area contributed by atoms with E-state index in [1.165, 1.54) is 6.08 Å². The van der Waals surface area contributed by atoms with E-state index in [0.717, 1.165) is 5.56 Å². The van der Waals surface area contributed by atoms with Crippen LogP contribution in [0.25, 0.3) is 0 Å². The van der Waals surface area contributed by atoms with Crippen LogP contribution in [0.1, 0.15) is 11.6 Å². The second kappa shape index (κ2) is 5.46. The van der Waals surface area contributed by atoms with Crippen molar-refractivity contribution in [1.82, 2.24) is 5.43 Å². The van der Waals surface area contributed by atoms with Crippen molar-refractivity contribution in [3.63, 3.8) is 0 Å². The quantitative estimate of drug-likeness (QED) is 0.358. The number of likely N-dealkylation sites (N-methyl/N-ethyl adjacent to an activating group) is 1. The van der Waals surface area contributed by atoms with Crippen LogP contribution in [0.3, 0.4) is 0 Å². The molecule has 90 valence electrons. The van der Waals surface area contributed by atoms with Crippen LogP contribution in [0, 0.1) is 0 Å². The first-order chi connectivity index (χ1) is 8.01. The van der Waals surface area contributed by atoms with E-state index in [9.17, 15) is 4.79 Å². The number of hydrogen-bond donors (Lipinski definition) is 1. The molecule has 17 heavy (non-hydrogen) atoms. The van der Waals surface area contributed by atoms with Crippen LogP contribution in [0.2, 0.25) is 0 Å². The maximum Gasteiger partial charge on any atom is 0.288 e. The predicted octanol–water partition coefficient (Wildman–Crippen LogP) is 2.21. The Labute approximate surface area is 103 Å². The molecular weight excluding hydrogens is 212 g/mol. The van der Waals surface area contributed by atoms with Gasteiger partial charge >= 0.3 is 0 Å². The summed E-state index contributed by atoms with van der Waals surface area (Å²) in [5.74, 6) is -0.196. The summed E-state index contributed by atoms with van der Waals surface area (Å²) < 4.78 is 0.304. The molecule has 0 aromatic heterocycles. The lowest BCUT2D eigenvalue weighted by atomic mass is 10.1. The average Bonchev–Trinajstić information content (AvgIpc) is 2.30. The van der Waals surface area contributed by atoms with Crippen molar-refractivity contribution in [2.45, 2.75) is 6.04 Å². The van der Waals surface area contributed by atoms with E-state index in [1.807, 2.05) is 50.5 Å². The summed E-state index contributed by atoms with van der Waals surface area (Å²) in [5, 5.41) is 0. The third-order valence-corrected chi connectivity index (χ3v) is 2.64. The molecule has 3 heteroatoms. The fraction of sp³-hybridized carbons (Fsp3) is 0.214. The van der Waals surface area contributed by atoms with Gasteiger partial charge in [0, 0.05) is 11.6 Å². The number of amides is 1. The highest BCUT2D eigenvalue weighted by molar-refractivity contribution is 5.85. The highest BCUT2D eigenvalue weighted by atomic mass is 16.2. The fourth-order valence-electron chi connectivity index (χ4n) is 1.82. The first-order valence-corrected chi connectivity index (χ1v) is 5.47. The highest BCUT2D eigenvalue weighted by Crippen LogP contribution is 2.23. The maximum atomic E-state index is 11.4. The standard InChI is InChI=1S/C14H18N2O/c1-5-13(12-10-8-7-9-11-12)16(3,4)15-14(17)6-2/h5-11,13H,1-2H2,3-4H3/p+1. The van der Waals surface area contributed by atoms with Crippen molar-refractivity contribution in [3.05, 3.63) is 61.2 Å². The van der Waals surface area contributed by atoms with Gasteiger partial charge in [-0.2, -0.15) is 5.43 Å². The molecule has 0 aliphatic rings. The summed E-state index contributed by atoms with van der Waals surface area (Å²) in [4.78, 5) is 11.4. The molecule has 0 saturated heterocycles. The van der Waals surface area contributed by atoms with Crippen LogP contribution >= 0.6 is 0 Å². The molecule has 1 aromatic rings. The Balaban J connectivity index is 2.97. The molecule has 1 atom stereocenters. The zero-order valence-corrected chi connectivity index (χ0v) is 10.4. The zero-order chi connectivity index (χ0) is 12.9. The minimum absolute atomic E-state index is 0.0000926. The van der Waals surface area contributed by atoms with E-state index in [0.29, 0.717) is 4.59 Å². The third-order valence-electron chi connectivity index (χ3n) is 2.64. The van der Waals surface area contributed by atoms with Crippen molar-refractivity contribution < 1.29 is 9.39 Å². The van der Waals surface area contributed by atoms with E-state index >= 15 is 0 Å². The van der Waals surface area contributed by atoms with Crippen LogP contribution in [-0.2, 0) is 4.79 Å². The van der Waals surface area contributed by atoms with Crippen molar-refractivity contribution in [2.75, 3.05) is 14.1 Å². The summed E-state index contributed by atoms with van der Waals surface area (Å²) in [6.45, 7) is 7.30. The summed E-state index contributed by atoms with van der Waals surface area (Å²) in [6.07, 6.45) is 3.10. The Kier molecular flexibility index (Phi) is 4.24. The molecule has 0 aliphatic heterocycles. The molecule has 0 heterocycles. The van der Waals surface area contributed by atoms with Gasteiger partial charge in [0.15, 0.2) is 6.04 Å². The van der Waals surface area contributed by atoms with Gasteiger partial charge in [-0.1, -0.05) is 43.5 Å². The van der Waals surface area contributed by atoms with Crippen LogP contribution in [0.4, 0.5) is 0 Å². The van der Waals surface area contributed by atoms with E-state index in [2.05, 4.69) is 18.6 Å². The Morgan fingerprint density at radius 1 is 1.29 bits per heavy atom. The van der Waals surface area contributed by atoms with Crippen LogP contribution in [0.5, 0.6) is 0 Å². The summed E-state index contributed by atoms with van der Waals surface area (Å²) >= 11 is 0. The number of nitrogens with one attached hydrogen (secondary N) is 1. The number of nitrogens with zero attached hydrogens (tertiary/aromatic N) is 1. The van der Waals surface area contributed by atoms with Gasteiger partial charge in [0.2, 0.25) is 0 Å². The Morgan fingerprint density at radius 2 is 1.88 bits per heavy atom. The minimum Gasteiger partial charge on any atom is -0.265 e. The molecule has 0 spiro atoms. The summed E-state index contributed by atoms with van der Waals surface area (Å²) in [7, 11) is 3.83. The third kappa shape index (κ3) is 3.29. The van der Waals surface area contributed by atoms with Crippen LogP contribution < -0.4 is 5.43 Å². The minimum atomic E-state index is -0.196. The number of rotatable bonds is 5. The van der Waals surface area contributed by atoms with Gasteiger partial charge in [-0.25, -0.2) is 4.59 Å². The first-order valence-electron chi connectivity index (χ1n) is 5.47. The summed E-state index contributed by atoms with van der Waals surface area (Å²) in [5.41, 5.74) is 3.97. The monoisotopic (exact) mass is 231 g/mol. The zero-order valence-electron chi connectivity index (χ0n) is 10.4. The van der Waals surface area contributed by atoms with E-state index < -0.39 is 0 Å². The molecule has 1 unspecified atom stereocenters. The van der Waals surface area contributed by atoms with Gasteiger partial charge in [-0.05, 0) is 6.08 Å². The van der Waals surface area contributed by atoms with Crippen LogP contribution in [-0.4, -0.2) is 24.6 Å². The number of quaternary nitrogens is 1. The van der Waals surface area contributed by atoms with Crippen molar-refractivity contribution >= 4 is 5.91 Å². The van der Waals surface area contributed by atoms with E-state index in [-0.39, 0.29) is 11.9 Å². The topological polar surface area (TPSA) is 29.1 Å². The fourth-order valence-corrected chi connectivity index (χ4v) is 1.82. The Morgan fingerprint density at radius 3 is 2.35 bits per heavy atom. The van der Waals surface area contributed by atoms with Gasteiger partial charge in [0.05, 0.1) is 14.1 Å². The average molecular weight is 231 g/mol. The van der Waals surface area contributed by atoms with Crippen LogP contribution in [0.15, 0.2) is 55.6 Å². The molecule has 0 bridgehead atoms. The lowest BCUT2D eigenvalue weighted by Crippen LogP contribution is -2.55.